The van der Waals surface area contributed by atoms with Crippen molar-refractivity contribution >= 4 is 5.95 Å². The molecule has 5 nitrogen and oxygen atoms in total. The maximum absolute atomic E-state index is 9.96. The first-order valence-electron chi connectivity index (χ1n) is 7.86. The van der Waals surface area contributed by atoms with Crippen LogP contribution in [-0.4, -0.2) is 20.1 Å². The molecule has 0 radical (unpaired) electrons. The smallest absolute Gasteiger partial charge is 0.223 e. The standard InChI is InChI=1S/C19H20N4O/c1-12-8-9-15(13(2)21-12)17-10-11-20-19(23-17)22-14(3)16-6-4-5-7-18(16)24/h4-11,14,24H,1-3H3,(H,20,22,23)/t14-/m0/s1. The van der Waals surface area contributed by atoms with E-state index in [0.29, 0.717) is 5.95 Å². The van der Waals surface area contributed by atoms with Gasteiger partial charge in [-0.25, -0.2) is 9.97 Å². The van der Waals surface area contributed by atoms with Gasteiger partial charge in [0.1, 0.15) is 5.75 Å². The summed E-state index contributed by atoms with van der Waals surface area (Å²) in [5, 5.41) is 13.2. The summed E-state index contributed by atoms with van der Waals surface area (Å²) in [5.74, 6) is 0.774. The lowest BCUT2D eigenvalue weighted by Crippen LogP contribution is -2.10. The summed E-state index contributed by atoms with van der Waals surface area (Å²) >= 11 is 0. The van der Waals surface area contributed by atoms with E-state index in [2.05, 4.69) is 20.3 Å². The summed E-state index contributed by atoms with van der Waals surface area (Å²) in [6.07, 6.45) is 1.72. The molecule has 122 valence electrons. The van der Waals surface area contributed by atoms with Crippen molar-refractivity contribution in [2.24, 2.45) is 0 Å². The number of aromatic nitrogens is 3. The molecule has 3 rings (SSSR count). The van der Waals surface area contributed by atoms with Gasteiger partial charge in [0.15, 0.2) is 0 Å². The lowest BCUT2D eigenvalue weighted by molar-refractivity contribution is 0.465. The van der Waals surface area contributed by atoms with Crippen LogP contribution < -0.4 is 5.32 Å². The van der Waals surface area contributed by atoms with E-state index in [1.165, 1.54) is 0 Å². The summed E-state index contributed by atoms with van der Waals surface area (Å²) < 4.78 is 0. The monoisotopic (exact) mass is 320 g/mol. The molecule has 2 aromatic heterocycles. The maximum Gasteiger partial charge on any atom is 0.223 e. The van der Waals surface area contributed by atoms with Crippen molar-refractivity contribution in [3.63, 3.8) is 0 Å². The summed E-state index contributed by atoms with van der Waals surface area (Å²) in [6.45, 7) is 5.91. The van der Waals surface area contributed by atoms with Crippen molar-refractivity contribution < 1.29 is 5.11 Å². The third-order valence-electron chi connectivity index (χ3n) is 3.91. The normalized spacial score (nSPS) is 12.0. The van der Waals surface area contributed by atoms with Crippen molar-refractivity contribution in [1.29, 1.82) is 0 Å². The molecule has 0 aliphatic carbocycles. The molecule has 0 amide bonds. The highest BCUT2D eigenvalue weighted by Gasteiger charge is 2.12. The maximum atomic E-state index is 9.96. The van der Waals surface area contributed by atoms with Gasteiger partial charge in [-0.1, -0.05) is 18.2 Å². The molecule has 3 aromatic rings. The Bertz CT molecular complexity index is 863. The predicted molar refractivity (Wildman–Crippen MR) is 94.9 cm³/mol. The minimum Gasteiger partial charge on any atom is -0.508 e. The number of aromatic hydroxyl groups is 1. The Morgan fingerprint density at radius 1 is 1.00 bits per heavy atom. The van der Waals surface area contributed by atoms with Crippen LogP contribution in [0, 0.1) is 13.8 Å². The van der Waals surface area contributed by atoms with E-state index in [4.69, 9.17) is 0 Å². The molecule has 5 heteroatoms. The molecular formula is C19H20N4O. The number of phenolic OH excluding ortho intramolecular Hbond substituents is 1. The number of anilines is 1. The van der Waals surface area contributed by atoms with Crippen LogP contribution in [0.2, 0.25) is 0 Å². The molecular weight excluding hydrogens is 300 g/mol. The Kier molecular flexibility index (Phi) is 4.42. The molecule has 0 unspecified atom stereocenters. The van der Waals surface area contributed by atoms with Gasteiger partial charge in [0, 0.05) is 28.7 Å². The van der Waals surface area contributed by atoms with Gasteiger partial charge in [0.25, 0.3) is 0 Å². The topological polar surface area (TPSA) is 70.9 Å². The zero-order chi connectivity index (χ0) is 17.1. The van der Waals surface area contributed by atoms with Crippen LogP contribution in [0.5, 0.6) is 5.75 Å². The van der Waals surface area contributed by atoms with Crippen molar-refractivity contribution in [1.82, 2.24) is 15.0 Å². The summed E-state index contributed by atoms with van der Waals surface area (Å²) in [7, 11) is 0. The van der Waals surface area contributed by atoms with E-state index in [1.807, 2.05) is 51.1 Å². The van der Waals surface area contributed by atoms with Gasteiger partial charge < -0.3 is 10.4 Å². The second-order valence-electron chi connectivity index (χ2n) is 5.78. The van der Waals surface area contributed by atoms with Gasteiger partial charge in [-0.15, -0.1) is 0 Å². The second-order valence-corrected chi connectivity index (χ2v) is 5.78. The van der Waals surface area contributed by atoms with Crippen LogP contribution >= 0.6 is 0 Å². The minimum atomic E-state index is -0.112. The molecule has 0 aliphatic rings. The van der Waals surface area contributed by atoms with E-state index >= 15 is 0 Å². The van der Waals surface area contributed by atoms with Gasteiger partial charge in [-0.05, 0) is 45.0 Å². The third kappa shape index (κ3) is 3.35. The minimum absolute atomic E-state index is 0.112. The first-order chi connectivity index (χ1) is 11.5. The van der Waals surface area contributed by atoms with E-state index in [0.717, 1.165) is 28.2 Å². The van der Waals surface area contributed by atoms with E-state index in [-0.39, 0.29) is 11.8 Å². The highest BCUT2D eigenvalue weighted by atomic mass is 16.3. The number of para-hydroxylation sites is 1. The molecule has 1 aromatic carbocycles. The molecule has 2 heterocycles. The molecule has 24 heavy (non-hydrogen) atoms. The number of nitrogens with zero attached hydrogens (tertiary/aromatic N) is 3. The Balaban J connectivity index is 1.87. The number of rotatable bonds is 4. The highest BCUT2D eigenvalue weighted by Crippen LogP contribution is 2.26. The quantitative estimate of drug-likeness (QED) is 0.759. The average molecular weight is 320 g/mol. The van der Waals surface area contributed by atoms with Gasteiger partial charge in [0.05, 0.1) is 11.7 Å². The lowest BCUT2D eigenvalue weighted by Gasteiger charge is -2.16. The van der Waals surface area contributed by atoms with E-state index in [1.54, 1.807) is 18.3 Å². The number of aryl methyl sites for hydroxylation is 2. The third-order valence-corrected chi connectivity index (χ3v) is 3.91. The molecule has 0 spiro atoms. The largest absolute Gasteiger partial charge is 0.508 e. The SMILES string of the molecule is Cc1ccc(-c2ccnc(N[C@@H](C)c3ccccc3O)n2)c(C)n1. The second kappa shape index (κ2) is 6.66. The molecule has 0 saturated heterocycles. The summed E-state index contributed by atoms with van der Waals surface area (Å²) in [4.78, 5) is 13.4. The molecule has 0 fully saturated rings. The number of hydrogen-bond acceptors (Lipinski definition) is 5. The molecule has 0 aliphatic heterocycles. The fourth-order valence-electron chi connectivity index (χ4n) is 2.66. The van der Waals surface area contributed by atoms with E-state index in [9.17, 15) is 5.11 Å². The van der Waals surface area contributed by atoms with Gasteiger partial charge in [0.2, 0.25) is 5.95 Å². The Morgan fingerprint density at radius 2 is 1.79 bits per heavy atom. The Hall–Kier alpha value is -2.95. The summed E-state index contributed by atoms with van der Waals surface area (Å²) in [5.41, 5.74) is 4.54. The Labute approximate surface area is 141 Å². The molecule has 0 saturated carbocycles. The van der Waals surface area contributed by atoms with Crippen molar-refractivity contribution in [3.8, 4) is 17.0 Å². The highest BCUT2D eigenvalue weighted by molar-refractivity contribution is 5.62. The molecule has 2 N–H and O–H groups in total. The van der Waals surface area contributed by atoms with Gasteiger partial charge in [-0.3, -0.25) is 4.98 Å². The number of nitrogens with one attached hydrogen (secondary N) is 1. The van der Waals surface area contributed by atoms with Crippen LogP contribution in [0.3, 0.4) is 0 Å². The number of benzene rings is 1. The Morgan fingerprint density at radius 3 is 2.54 bits per heavy atom. The number of pyridine rings is 1. The van der Waals surface area contributed by atoms with Crippen LogP contribution in [0.1, 0.15) is 29.9 Å². The summed E-state index contributed by atoms with van der Waals surface area (Å²) in [6, 6.07) is 13.0. The zero-order valence-corrected chi connectivity index (χ0v) is 14.0. The van der Waals surface area contributed by atoms with Gasteiger partial charge >= 0.3 is 0 Å². The zero-order valence-electron chi connectivity index (χ0n) is 14.0. The van der Waals surface area contributed by atoms with E-state index < -0.39 is 0 Å². The number of phenols is 1. The fourth-order valence-corrected chi connectivity index (χ4v) is 2.66. The first kappa shape index (κ1) is 15.9. The van der Waals surface area contributed by atoms with Crippen LogP contribution in [0.4, 0.5) is 5.95 Å². The van der Waals surface area contributed by atoms with Crippen LogP contribution in [0.25, 0.3) is 11.3 Å². The van der Waals surface area contributed by atoms with Crippen LogP contribution in [0.15, 0.2) is 48.7 Å². The molecule has 1 atom stereocenters. The lowest BCUT2D eigenvalue weighted by atomic mass is 10.1. The van der Waals surface area contributed by atoms with Crippen LogP contribution in [-0.2, 0) is 0 Å². The predicted octanol–water partition coefficient (Wildman–Crippen LogP) is 4.03. The van der Waals surface area contributed by atoms with Gasteiger partial charge in [-0.2, -0.15) is 0 Å². The fraction of sp³-hybridized carbons (Fsp3) is 0.211. The van der Waals surface area contributed by atoms with Crippen molar-refractivity contribution in [3.05, 3.63) is 65.6 Å². The van der Waals surface area contributed by atoms with Crippen molar-refractivity contribution in [2.45, 2.75) is 26.8 Å². The first-order valence-corrected chi connectivity index (χ1v) is 7.86. The average Bonchev–Trinajstić information content (AvgIpc) is 2.55. The number of hydrogen-bond donors (Lipinski definition) is 2. The van der Waals surface area contributed by atoms with Crippen molar-refractivity contribution in [2.75, 3.05) is 5.32 Å². The molecule has 0 bridgehead atoms.